The van der Waals surface area contributed by atoms with Crippen LogP contribution in [-0.4, -0.2) is 30.7 Å². The molecule has 2 aliphatic rings. The molecular weight excluding hydrogens is 281 g/mol. The Labute approximate surface area is 128 Å². The molecule has 1 saturated heterocycles. The van der Waals surface area contributed by atoms with Crippen LogP contribution < -0.4 is 15.6 Å². The van der Waals surface area contributed by atoms with Gasteiger partial charge in [0.05, 0.1) is 11.2 Å². The number of anilines is 1. The highest BCUT2D eigenvalue weighted by molar-refractivity contribution is 5.84. The molecule has 0 atom stereocenters. The maximum Gasteiger partial charge on any atom is 0.189 e. The summed E-state index contributed by atoms with van der Waals surface area (Å²) in [7, 11) is 0. The van der Waals surface area contributed by atoms with Crippen molar-refractivity contribution in [2.45, 2.75) is 25.8 Å². The molecule has 2 aromatic rings. The Bertz CT molecular complexity index is 789. The molecular formula is C17H20FN3O. The number of aryl methyl sites for hydroxylation is 1. The minimum absolute atomic E-state index is 0.0878. The summed E-state index contributed by atoms with van der Waals surface area (Å²) in [5.74, 6) is -0.294. The second-order valence-corrected chi connectivity index (χ2v) is 6.31. The van der Waals surface area contributed by atoms with Crippen LogP contribution in [0, 0.1) is 12.7 Å². The fraction of sp³-hybridized carbons (Fsp3) is 0.471. The second kappa shape index (κ2) is 5.09. The summed E-state index contributed by atoms with van der Waals surface area (Å²) in [6.45, 7) is 5.28. The molecule has 1 N–H and O–H groups in total. The molecule has 116 valence electrons. The maximum absolute atomic E-state index is 14.5. The van der Waals surface area contributed by atoms with Crippen LogP contribution in [-0.2, 0) is 0 Å². The van der Waals surface area contributed by atoms with Crippen LogP contribution in [0.3, 0.4) is 0 Å². The molecule has 1 aliphatic heterocycles. The van der Waals surface area contributed by atoms with Crippen LogP contribution >= 0.6 is 0 Å². The topological polar surface area (TPSA) is 37.3 Å². The summed E-state index contributed by atoms with van der Waals surface area (Å²) in [5.41, 5.74) is 2.38. The quantitative estimate of drug-likeness (QED) is 0.924. The zero-order valence-corrected chi connectivity index (χ0v) is 12.7. The van der Waals surface area contributed by atoms with Gasteiger partial charge < -0.3 is 14.8 Å². The normalized spacial score (nSPS) is 18.9. The summed E-state index contributed by atoms with van der Waals surface area (Å²) in [4.78, 5) is 14.3. The van der Waals surface area contributed by atoms with Gasteiger partial charge in [0.25, 0.3) is 0 Å². The second-order valence-electron chi connectivity index (χ2n) is 6.31. The highest BCUT2D eigenvalue weighted by Gasteiger charge is 2.27. The van der Waals surface area contributed by atoms with Crippen LogP contribution in [0.25, 0.3) is 10.9 Å². The maximum atomic E-state index is 14.5. The van der Waals surface area contributed by atoms with Gasteiger partial charge in [-0.25, -0.2) is 4.39 Å². The number of nitrogens with zero attached hydrogens (tertiary/aromatic N) is 2. The van der Waals surface area contributed by atoms with Gasteiger partial charge in [-0.1, -0.05) is 0 Å². The number of benzene rings is 1. The van der Waals surface area contributed by atoms with Gasteiger partial charge in [-0.3, -0.25) is 4.79 Å². The van der Waals surface area contributed by atoms with Gasteiger partial charge in [-0.05, 0) is 31.9 Å². The van der Waals surface area contributed by atoms with Crippen molar-refractivity contribution in [2.24, 2.45) is 0 Å². The van der Waals surface area contributed by atoms with Crippen LogP contribution in [0.15, 0.2) is 23.0 Å². The van der Waals surface area contributed by atoms with Crippen molar-refractivity contribution < 1.29 is 4.39 Å². The zero-order chi connectivity index (χ0) is 15.3. The van der Waals surface area contributed by atoms with E-state index in [4.69, 9.17) is 0 Å². The van der Waals surface area contributed by atoms with Crippen LogP contribution in [0.4, 0.5) is 10.1 Å². The molecule has 22 heavy (non-hydrogen) atoms. The predicted molar refractivity (Wildman–Crippen MR) is 86.3 cm³/mol. The van der Waals surface area contributed by atoms with E-state index in [0.717, 1.165) is 50.2 Å². The number of fused-ring (bicyclic) bond motifs is 1. The molecule has 0 spiro atoms. The molecule has 1 aromatic carbocycles. The molecule has 4 rings (SSSR count). The number of nitrogens with one attached hydrogen (secondary N) is 1. The van der Waals surface area contributed by atoms with Gasteiger partial charge in [0.15, 0.2) is 5.43 Å². The average molecular weight is 301 g/mol. The number of pyridine rings is 1. The number of halogens is 1. The van der Waals surface area contributed by atoms with E-state index in [1.807, 2.05) is 13.0 Å². The van der Waals surface area contributed by atoms with E-state index in [0.29, 0.717) is 17.1 Å². The Morgan fingerprint density at radius 3 is 2.59 bits per heavy atom. The highest BCUT2D eigenvalue weighted by atomic mass is 19.1. The summed E-state index contributed by atoms with van der Waals surface area (Å²) in [6, 6.07) is 5.39. The number of rotatable bonds is 2. The van der Waals surface area contributed by atoms with Crippen molar-refractivity contribution in [2.75, 3.05) is 31.1 Å². The van der Waals surface area contributed by atoms with Gasteiger partial charge in [-0.15, -0.1) is 0 Å². The SMILES string of the molecule is Cc1cc(=O)c2cc(F)c(N3CCNCC3)cc2n1C1CC1. The standard InChI is InChI=1S/C17H20FN3O/c1-11-8-17(22)13-9-14(18)16(20-6-4-19-5-7-20)10-15(13)21(11)12-2-3-12/h8-10,12,19H,2-7H2,1H3. The first-order chi connectivity index (χ1) is 10.6. The van der Waals surface area contributed by atoms with Gasteiger partial charge in [0, 0.05) is 49.4 Å². The zero-order valence-electron chi connectivity index (χ0n) is 12.7. The largest absolute Gasteiger partial charge is 0.367 e. The van der Waals surface area contributed by atoms with Crippen LogP contribution in [0.1, 0.15) is 24.6 Å². The average Bonchev–Trinajstić information content (AvgIpc) is 3.33. The van der Waals surface area contributed by atoms with Gasteiger partial charge in [-0.2, -0.15) is 0 Å². The molecule has 2 heterocycles. The van der Waals surface area contributed by atoms with Crippen molar-refractivity contribution in [1.29, 1.82) is 0 Å². The lowest BCUT2D eigenvalue weighted by Gasteiger charge is -2.30. The predicted octanol–water partition coefficient (Wildman–Crippen LogP) is 2.19. The van der Waals surface area contributed by atoms with E-state index < -0.39 is 0 Å². The molecule has 5 heteroatoms. The summed E-state index contributed by atoms with van der Waals surface area (Å²) in [5, 5.41) is 3.77. The highest BCUT2D eigenvalue weighted by Crippen LogP contribution is 2.38. The first-order valence-corrected chi connectivity index (χ1v) is 7.96. The lowest BCUT2D eigenvalue weighted by molar-refractivity contribution is 0.566. The smallest absolute Gasteiger partial charge is 0.189 e. The van der Waals surface area contributed by atoms with E-state index in [1.54, 1.807) is 6.07 Å². The van der Waals surface area contributed by atoms with E-state index in [1.165, 1.54) is 6.07 Å². The molecule has 0 radical (unpaired) electrons. The molecule has 1 aliphatic carbocycles. The third-order valence-corrected chi connectivity index (χ3v) is 4.68. The van der Waals surface area contributed by atoms with E-state index >= 15 is 0 Å². The molecule has 2 fully saturated rings. The number of aromatic nitrogens is 1. The molecule has 0 bridgehead atoms. The number of piperazine rings is 1. The van der Waals surface area contributed by atoms with E-state index in [-0.39, 0.29) is 11.2 Å². The van der Waals surface area contributed by atoms with E-state index in [9.17, 15) is 9.18 Å². The minimum Gasteiger partial charge on any atom is -0.367 e. The van der Waals surface area contributed by atoms with Crippen molar-refractivity contribution in [1.82, 2.24) is 9.88 Å². The van der Waals surface area contributed by atoms with E-state index in [2.05, 4.69) is 14.8 Å². The summed E-state index contributed by atoms with van der Waals surface area (Å²) < 4.78 is 16.7. The monoisotopic (exact) mass is 301 g/mol. The van der Waals surface area contributed by atoms with Gasteiger partial charge in [0.2, 0.25) is 0 Å². The van der Waals surface area contributed by atoms with Gasteiger partial charge >= 0.3 is 0 Å². The Hall–Kier alpha value is -1.88. The molecule has 1 saturated carbocycles. The Morgan fingerprint density at radius 1 is 1.18 bits per heavy atom. The molecule has 0 amide bonds. The molecule has 1 aromatic heterocycles. The first-order valence-electron chi connectivity index (χ1n) is 7.96. The molecule has 4 nitrogen and oxygen atoms in total. The lowest BCUT2D eigenvalue weighted by Crippen LogP contribution is -2.43. The van der Waals surface area contributed by atoms with Crippen molar-refractivity contribution in [3.05, 3.63) is 39.9 Å². The fourth-order valence-corrected chi connectivity index (χ4v) is 3.44. The summed E-state index contributed by atoms with van der Waals surface area (Å²) in [6.07, 6.45) is 2.28. The minimum atomic E-state index is -0.294. The number of hydrogen-bond donors (Lipinski definition) is 1. The molecule has 0 unspecified atom stereocenters. The number of hydrogen-bond acceptors (Lipinski definition) is 3. The third kappa shape index (κ3) is 2.20. The van der Waals surface area contributed by atoms with Gasteiger partial charge in [0.1, 0.15) is 5.82 Å². The third-order valence-electron chi connectivity index (χ3n) is 4.68. The fourth-order valence-electron chi connectivity index (χ4n) is 3.44. The Balaban J connectivity index is 1.94. The Morgan fingerprint density at radius 2 is 1.91 bits per heavy atom. The van der Waals surface area contributed by atoms with Crippen LogP contribution in [0.5, 0.6) is 0 Å². The lowest BCUT2D eigenvalue weighted by atomic mass is 10.1. The van der Waals surface area contributed by atoms with Crippen molar-refractivity contribution in [3.8, 4) is 0 Å². The van der Waals surface area contributed by atoms with Crippen LogP contribution in [0.2, 0.25) is 0 Å². The van der Waals surface area contributed by atoms with Crippen molar-refractivity contribution >= 4 is 16.6 Å². The first kappa shape index (κ1) is 13.8. The Kier molecular flexibility index (Phi) is 3.18. The summed E-state index contributed by atoms with van der Waals surface area (Å²) >= 11 is 0. The van der Waals surface area contributed by atoms with Crippen molar-refractivity contribution in [3.63, 3.8) is 0 Å².